The van der Waals surface area contributed by atoms with Crippen LogP contribution < -0.4 is 14.8 Å². The zero-order chi connectivity index (χ0) is 17.6. The molecule has 0 bridgehead atoms. The molecule has 8 heteroatoms. The highest BCUT2D eigenvalue weighted by Gasteiger charge is 2.15. The van der Waals surface area contributed by atoms with E-state index in [0.29, 0.717) is 16.5 Å². The predicted molar refractivity (Wildman–Crippen MR) is 92.9 cm³/mol. The quantitative estimate of drug-likeness (QED) is 0.786. The summed E-state index contributed by atoms with van der Waals surface area (Å²) in [7, 11) is -2.20. The fourth-order valence-corrected chi connectivity index (χ4v) is 3.31. The Bertz CT molecular complexity index is 824. The van der Waals surface area contributed by atoms with Crippen molar-refractivity contribution < 1.29 is 17.9 Å². The number of para-hydroxylation sites is 2. The highest BCUT2D eigenvalue weighted by Crippen LogP contribution is 2.23. The summed E-state index contributed by atoms with van der Waals surface area (Å²) in [6.45, 7) is -0.0319. The first-order valence-electron chi connectivity index (χ1n) is 7.10. The van der Waals surface area contributed by atoms with Gasteiger partial charge in [0.2, 0.25) is 15.9 Å². The van der Waals surface area contributed by atoms with Gasteiger partial charge in [-0.3, -0.25) is 4.79 Å². The first-order chi connectivity index (χ1) is 11.4. The molecule has 0 aliphatic carbocycles. The number of methoxy groups -OCH3 is 1. The van der Waals surface area contributed by atoms with Crippen LogP contribution in [0.4, 0.5) is 5.69 Å². The third kappa shape index (κ3) is 4.95. The second-order valence-corrected chi connectivity index (χ2v) is 7.06. The molecule has 6 nitrogen and oxygen atoms in total. The number of sulfonamides is 1. The van der Waals surface area contributed by atoms with E-state index in [0.717, 1.165) is 0 Å². The molecule has 2 aromatic rings. The maximum Gasteiger partial charge on any atom is 0.240 e. The van der Waals surface area contributed by atoms with Crippen molar-refractivity contribution >= 4 is 33.2 Å². The summed E-state index contributed by atoms with van der Waals surface area (Å²) < 4.78 is 31.7. The number of halogens is 1. The molecule has 0 radical (unpaired) electrons. The molecule has 24 heavy (non-hydrogen) atoms. The van der Waals surface area contributed by atoms with Gasteiger partial charge in [0, 0.05) is 18.0 Å². The molecule has 0 spiro atoms. The second-order valence-electron chi connectivity index (χ2n) is 4.85. The molecule has 0 saturated heterocycles. The molecule has 0 fully saturated rings. The predicted octanol–water partition coefficient (Wildman–Crippen LogP) is 2.66. The lowest BCUT2D eigenvalue weighted by atomic mass is 10.3. The summed E-state index contributed by atoms with van der Waals surface area (Å²) in [5.74, 6) is 0.207. The van der Waals surface area contributed by atoms with Crippen LogP contribution >= 0.6 is 11.6 Å². The van der Waals surface area contributed by atoms with E-state index in [4.69, 9.17) is 16.3 Å². The van der Waals surface area contributed by atoms with Crippen molar-refractivity contribution in [1.29, 1.82) is 0 Å². The van der Waals surface area contributed by atoms with Crippen LogP contribution in [0, 0.1) is 0 Å². The first-order valence-corrected chi connectivity index (χ1v) is 8.96. The summed E-state index contributed by atoms with van der Waals surface area (Å²) >= 11 is 5.79. The third-order valence-corrected chi connectivity index (χ3v) is 4.83. The molecule has 0 atom stereocenters. The number of anilines is 1. The average Bonchev–Trinajstić information content (AvgIpc) is 2.55. The van der Waals surface area contributed by atoms with Crippen molar-refractivity contribution in [1.82, 2.24) is 4.72 Å². The van der Waals surface area contributed by atoms with Crippen molar-refractivity contribution in [2.24, 2.45) is 0 Å². The first kappa shape index (κ1) is 18.3. The number of hydrogen-bond acceptors (Lipinski definition) is 4. The summed E-state index contributed by atoms with van der Waals surface area (Å²) in [6, 6.07) is 12.9. The number of amides is 1. The fraction of sp³-hybridized carbons (Fsp3) is 0.188. The lowest BCUT2D eigenvalue weighted by Gasteiger charge is -2.10. The zero-order valence-electron chi connectivity index (χ0n) is 13.0. The average molecular weight is 369 g/mol. The number of nitrogens with one attached hydrogen (secondary N) is 2. The minimum absolute atomic E-state index is 0.0160. The minimum Gasteiger partial charge on any atom is -0.495 e. The molecule has 0 unspecified atom stereocenters. The van der Waals surface area contributed by atoms with Gasteiger partial charge in [-0.05, 0) is 30.3 Å². The van der Waals surface area contributed by atoms with Crippen LogP contribution in [0.3, 0.4) is 0 Å². The van der Waals surface area contributed by atoms with E-state index in [-0.39, 0.29) is 23.8 Å². The van der Waals surface area contributed by atoms with Crippen molar-refractivity contribution in [3.05, 3.63) is 53.6 Å². The number of hydrogen-bond donors (Lipinski definition) is 2. The van der Waals surface area contributed by atoms with E-state index in [2.05, 4.69) is 10.0 Å². The summed E-state index contributed by atoms with van der Waals surface area (Å²) in [5.41, 5.74) is 0.530. The number of ether oxygens (including phenoxy) is 1. The molecule has 0 saturated carbocycles. The largest absolute Gasteiger partial charge is 0.495 e. The molecule has 0 aliphatic rings. The molecule has 0 heterocycles. The lowest BCUT2D eigenvalue weighted by molar-refractivity contribution is -0.116. The lowest BCUT2D eigenvalue weighted by Crippen LogP contribution is -2.27. The van der Waals surface area contributed by atoms with Gasteiger partial charge in [-0.15, -0.1) is 0 Å². The summed E-state index contributed by atoms with van der Waals surface area (Å²) in [6.07, 6.45) is -0.0160. The van der Waals surface area contributed by atoms with E-state index in [1.807, 2.05) is 0 Å². The maximum atomic E-state index is 12.1. The molecule has 1 amide bonds. The normalized spacial score (nSPS) is 11.1. The van der Waals surface area contributed by atoms with Gasteiger partial charge < -0.3 is 10.1 Å². The smallest absolute Gasteiger partial charge is 0.240 e. The third-order valence-electron chi connectivity index (χ3n) is 3.13. The Morgan fingerprint density at radius 3 is 2.62 bits per heavy atom. The highest BCUT2D eigenvalue weighted by molar-refractivity contribution is 7.89. The van der Waals surface area contributed by atoms with Crippen molar-refractivity contribution in [3.63, 3.8) is 0 Å². The monoisotopic (exact) mass is 368 g/mol. The van der Waals surface area contributed by atoms with E-state index in [9.17, 15) is 13.2 Å². The Hall–Kier alpha value is -2.09. The molecule has 2 aromatic carbocycles. The van der Waals surface area contributed by atoms with Gasteiger partial charge >= 0.3 is 0 Å². The van der Waals surface area contributed by atoms with Crippen LogP contribution in [-0.2, 0) is 14.8 Å². The Kier molecular flexibility index (Phi) is 6.19. The SMILES string of the molecule is COc1ccccc1NC(=O)CCNS(=O)(=O)c1cccc(Cl)c1. The van der Waals surface area contributed by atoms with Crippen LogP contribution in [0.1, 0.15) is 6.42 Å². The van der Waals surface area contributed by atoms with Gasteiger partial charge in [0.1, 0.15) is 5.75 Å². The second kappa shape index (κ2) is 8.14. The van der Waals surface area contributed by atoms with Gasteiger partial charge in [0.15, 0.2) is 0 Å². The van der Waals surface area contributed by atoms with Gasteiger partial charge in [0.25, 0.3) is 0 Å². The Labute approximate surface area is 145 Å². The van der Waals surface area contributed by atoms with Crippen LogP contribution in [0.2, 0.25) is 5.02 Å². The standard InChI is InChI=1S/C16H17ClN2O4S/c1-23-15-8-3-2-7-14(15)19-16(20)9-10-18-24(21,22)13-6-4-5-12(17)11-13/h2-8,11,18H,9-10H2,1H3,(H,19,20). The van der Waals surface area contributed by atoms with Crippen LogP contribution in [0.5, 0.6) is 5.75 Å². The highest BCUT2D eigenvalue weighted by atomic mass is 35.5. The van der Waals surface area contributed by atoms with Crippen LogP contribution in [0.25, 0.3) is 0 Å². The van der Waals surface area contributed by atoms with E-state index in [1.54, 1.807) is 36.4 Å². The number of carbonyl (C=O) groups excluding carboxylic acids is 1. The molecular formula is C16H17ClN2O4S. The molecule has 0 aliphatic heterocycles. The maximum absolute atomic E-state index is 12.1. The molecule has 2 N–H and O–H groups in total. The van der Waals surface area contributed by atoms with Crippen LogP contribution in [0.15, 0.2) is 53.4 Å². The minimum atomic E-state index is -3.70. The van der Waals surface area contributed by atoms with Crippen molar-refractivity contribution in [2.75, 3.05) is 19.0 Å². The number of benzene rings is 2. The van der Waals surface area contributed by atoms with Crippen molar-refractivity contribution in [2.45, 2.75) is 11.3 Å². The molecular weight excluding hydrogens is 352 g/mol. The van der Waals surface area contributed by atoms with E-state index >= 15 is 0 Å². The summed E-state index contributed by atoms with van der Waals surface area (Å²) in [4.78, 5) is 12.0. The van der Waals surface area contributed by atoms with E-state index < -0.39 is 10.0 Å². The Balaban J connectivity index is 1.90. The van der Waals surface area contributed by atoms with Gasteiger partial charge in [0.05, 0.1) is 17.7 Å². The molecule has 128 valence electrons. The molecule has 2 rings (SSSR count). The zero-order valence-corrected chi connectivity index (χ0v) is 14.5. The Morgan fingerprint density at radius 2 is 1.92 bits per heavy atom. The Morgan fingerprint density at radius 1 is 1.17 bits per heavy atom. The number of rotatable bonds is 7. The van der Waals surface area contributed by atoms with Crippen molar-refractivity contribution in [3.8, 4) is 5.75 Å². The summed E-state index contributed by atoms with van der Waals surface area (Å²) in [5, 5.41) is 3.00. The van der Waals surface area contributed by atoms with Gasteiger partial charge in [-0.2, -0.15) is 0 Å². The van der Waals surface area contributed by atoms with E-state index in [1.165, 1.54) is 19.2 Å². The number of carbonyl (C=O) groups is 1. The molecule has 0 aromatic heterocycles. The van der Waals surface area contributed by atoms with Gasteiger partial charge in [-0.25, -0.2) is 13.1 Å². The fourth-order valence-electron chi connectivity index (χ4n) is 1.98. The topological polar surface area (TPSA) is 84.5 Å². The van der Waals surface area contributed by atoms with Crippen LogP contribution in [-0.4, -0.2) is 28.0 Å². The van der Waals surface area contributed by atoms with Gasteiger partial charge in [-0.1, -0.05) is 29.8 Å².